The van der Waals surface area contributed by atoms with E-state index in [4.69, 9.17) is 5.73 Å². The first-order valence-electron chi connectivity index (χ1n) is 6.63. The standard InChI is InChI=1S/C13H24N4/c1-3-11-4-5-17(12(6-11)7-14)9-13-8-15-10-16(13)2/h8,10-12H,3-7,9,14H2,1-2H3. The highest BCUT2D eigenvalue weighted by Gasteiger charge is 2.26. The zero-order chi connectivity index (χ0) is 12.3. The van der Waals surface area contributed by atoms with Crippen molar-refractivity contribution in [1.29, 1.82) is 0 Å². The Hall–Kier alpha value is -0.870. The monoisotopic (exact) mass is 236 g/mol. The average Bonchev–Trinajstić information content (AvgIpc) is 2.75. The molecule has 0 aromatic carbocycles. The van der Waals surface area contributed by atoms with Gasteiger partial charge < -0.3 is 10.3 Å². The second-order valence-electron chi connectivity index (χ2n) is 5.15. The number of nitrogens with two attached hydrogens (primary N) is 1. The van der Waals surface area contributed by atoms with Gasteiger partial charge in [0.1, 0.15) is 0 Å². The number of aromatic nitrogens is 2. The van der Waals surface area contributed by atoms with E-state index in [1.54, 1.807) is 0 Å². The lowest BCUT2D eigenvalue weighted by Crippen LogP contribution is -2.46. The molecule has 0 spiro atoms. The summed E-state index contributed by atoms with van der Waals surface area (Å²) in [6.07, 6.45) is 7.68. The van der Waals surface area contributed by atoms with E-state index < -0.39 is 0 Å². The molecule has 4 heteroatoms. The highest BCUT2D eigenvalue weighted by Crippen LogP contribution is 2.25. The molecule has 2 unspecified atom stereocenters. The number of nitrogens with zero attached hydrogens (tertiary/aromatic N) is 3. The van der Waals surface area contributed by atoms with Crippen molar-refractivity contribution >= 4 is 0 Å². The normalized spacial score (nSPS) is 26.3. The number of piperidine rings is 1. The van der Waals surface area contributed by atoms with E-state index in [-0.39, 0.29) is 0 Å². The smallest absolute Gasteiger partial charge is 0.0945 e. The topological polar surface area (TPSA) is 47.1 Å². The third kappa shape index (κ3) is 2.87. The van der Waals surface area contributed by atoms with Crippen LogP contribution in [-0.2, 0) is 13.6 Å². The Kier molecular flexibility index (Phi) is 4.18. The Balaban J connectivity index is 1.98. The Labute approximate surface area is 104 Å². The van der Waals surface area contributed by atoms with Crippen molar-refractivity contribution in [2.75, 3.05) is 13.1 Å². The number of hydrogen-bond donors (Lipinski definition) is 1. The van der Waals surface area contributed by atoms with E-state index >= 15 is 0 Å². The van der Waals surface area contributed by atoms with E-state index in [1.165, 1.54) is 31.5 Å². The number of aryl methyl sites for hydroxylation is 1. The zero-order valence-electron chi connectivity index (χ0n) is 11.0. The summed E-state index contributed by atoms with van der Waals surface area (Å²) in [5.41, 5.74) is 7.19. The minimum absolute atomic E-state index is 0.545. The molecule has 0 radical (unpaired) electrons. The first-order valence-corrected chi connectivity index (χ1v) is 6.63. The third-order valence-electron chi connectivity index (χ3n) is 4.08. The van der Waals surface area contributed by atoms with E-state index in [0.29, 0.717) is 6.04 Å². The number of imidazole rings is 1. The molecule has 2 atom stereocenters. The van der Waals surface area contributed by atoms with Crippen molar-refractivity contribution in [2.24, 2.45) is 18.7 Å². The average molecular weight is 236 g/mol. The van der Waals surface area contributed by atoms with Gasteiger partial charge in [-0.25, -0.2) is 4.98 Å². The molecule has 96 valence electrons. The number of hydrogen-bond acceptors (Lipinski definition) is 3. The highest BCUT2D eigenvalue weighted by atomic mass is 15.2. The van der Waals surface area contributed by atoms with Crippen LogP contribution in [0.2, 0.25) is 0 Å². The maximum atomic E-state index is 5.91. The minimum Gasteiger partial charge on any atom is -0.337 e. The highest BCUT2D eigenvalue weighted by molar-refractivity contribution is 4.99. The van der Waals surface area contributed by atoms with Crippen molar-refractivity contribution in [1.82, 2.24) is 14.5 Å². The van der Waals surface area contributed by atoms with Crippen LogP contribution in [0.1, 0.15) is 31.9 Å². The molecule has 2 N–H and O–H groups in total. The van der Waals surface area contributed by atoms with Crippen LogP contribution in [0.3, 0.4) is 0 Å². The summed E-state index contributed by atoms with van der Waals surface area (Å²) in [4.78, 5) is 6.69. The molecule has 1 aromatic rings. The minimum atomic E-state index is 0.545. The fraction of sp³-hybridized carbons (Fsp3) is 0.769. The van der Waals surface area contributed by atoms with Crippen LogP contribution in [0.25, 0.3) is 0 Å². The van der Waals surface area contributed by atoms with E-state index in [1.807, 2.05) is 12.5 Å². The third-order valence-corrected chi connectivity index (χ3v) is 4.08. The van der Waals surface area contributed by atoms with Crippen LogP contribution in [0.15, 0.2) is 12.5 Å². The van der Waals surface area contributed by atoms with Gasteiger partial charge in [-0.1, -0.05) is 13.3 Å². The molecule has 2 rings (SSSR count). The molecule has 0 amide bonds. The molecule has 1 aromatic heterocycles. The fourth-order valence-corrected chi connectivity index (χ4v) is 2.75. The number of rotatable bonds is 4. The Morgan fingerprint density at radius 3 is 2.94 bits per heavy atom. The molecule has 1 aliphatic heterocycles. The maximum Gasteiger partial charge on any atom is 0.0945 e. The van der Waals surface area contributed by atoms with Gasteiger partial charge in [0.05, 0.1) is 12.0 Å². The lowest BCUT2D eigenvalue weighted by Gasteiger charge is -2.38. The van der Waals surface area contributed by atoms with Crippen LogP contribution < -0.4 is 5.73 Å². The lowest BCUT2D eigenvalue weighted by atomic mass is 9.89. The quantitative estimate of drug-likeness (QED) is 0.859. The van der Waals surface area contributed by atoms with Crippen LogP contribution in [0.4, 0.5) is 0 Å². The second kappa shape index (κ2) is 5.65. The predicted molar refractivity (Wildman–Crippen MR) is 69.5 cm³/mol. The van der Waals surface area contributed by atoms with Gasteiger partial charge in [0.25, 0.3) is 0 Å². The summed E-state index contributed by atoms with van der Waals surface area (Å²) in [7, 11) is 2.05. The molecular weight excluding hydrogens is 212 g/mol. The van der Waals surface area contributed by atoms with Gasteiger partial charge in [-0.05, 0) is 25.3 Å². The van der Waals surface area contributed by atoms with Crippen molar-refractivity contribution in [3.05, 3.63) is 18.2 Å². The predicted octanol–water partition coefficient (Wildman–Crippen LogP) is 1.37. The van der Waals surface area contributed by atoms with Gasteiger partial charge >= 0.3 is 0 Å². The molecular formula is C13H24N4. The summed E-state index contributed by atoms with van der Waals surface area (Å²) in [5, 5.41) is 0. The molecule has 0 aliphatic carbocycles. The van der Waals surface area contributed by atoms with Gasteiger partial charge in [0.2, 0.25) is 0 Å². The van der Waals surface area contributed by atoms with Gasteiger partial charge in [-0.2, -0.15) is 0 Å². The SMILES string of the molecule is CCC1CCN(Cc2cncn2C)C(CN)C1. The molecule has 17 heavy (non-hydrogen) atoms. The van der Waals surface area contributed by atoms with Crippen LogP contribution >= 0.6 is 0 Å². The van der Waals surface area contributed by atoms with Gasteiger partial charge in [-0.3, -0.25) is 4.90 Å². The van der Waals surface area contributed by atoms with Crippen molar-refractivity contribution in [3.8, 4) is 0 Å². The first kappa shape index (κ1) is 12.6. The summed E-state index contributed by atoms with van der Waals surface area (Å²) in [6, 6.07) is 0.545. The van der Waals surface area contributed by atoms with E-state index in [0.717, 1.165) is 19.0 Å². The molecule has 1 fully saturated rings. The molecule has 2 heterocycles. The first-order chi connectivity index (χ1) is 8.24. The summed E-state index contributed by atoms with van der Waals surface area (Å²) >= 11 is 0. The van der Waals surface area contributed by atoms with Crippen LogP contribution in [-0.4, -0.2) is 33.6 Å². The van der Waals surface area contributed by atoms with E-state index in [2.05, 4.69) is 28.4 Å². The Morgan fingerprint density at radius 1 is 1.53 bits per heavy atom. The Bertz CT molecular complexity index is 347. The summed E-state index contributed by atoms with van der Waals surface area (Å²) < 4.78 is 2.10. The molecule has 4 nitrogen and oxygen atoms in total. The van der Waals surface area contributed by atoms with Crippen LogP contribution in [0, 0.1) is 5.92 Å². The van der Waals surface area contributed by atoms with E-state index in [9.17, 15) is 0 Å². The van der Waals surface area contributed by atoms with Crippen LogP contribution in [0.5, 0.6) is 0 Å². The summed E-state index contributed by atoms with van der Waals surface area (Å²) in [6.45, 7) is 5.21. The van der Waals surface area contributed by atoms with Crippen molar-refractivity contribution < 1.29 is 0 Å². The molecule has 1 aliphatic rings. The maximum absolute atomic E-state index is 5.91. The van der Waals surface area contributed by atoms with Gasteiger partial charge in [0, 0.05) is 32.4 Å². The molecule has 1 saturated heterocycles. The number of likely N-dealkylation sites (tertiary alicyclic amines) is 1. The van der Waals surface area contributed by atoms with Crippen molar-refractivity contribution in [2.45, 2.75) is 38.8 Å². The molecule has 0 saturated carbocycles. The summed E-state index contributed by atoms with van der Waals surface area (Å²) in [5.74, 6) is 0.867. The molecule has 0 bridgehead atoms. The second-order valence-corrected chi connectivity index (χ2v) is 5.15. The fourth-order valence-electron chi connectivity index (χ4n) is 2.75. The largest absolute Gasteiger partial charge is 0.337 e. The lowest BCUT2D eigenvalue weighted by molar-refractivity contribution is 0.105. The zero-order valence-corrected chi connectivity index (χ0v) is 11.0. The van der Waals surface area contributed by atoms with Gasteiger partial charge in [0.15, 0.2) is 0 Å². The Morgan fingerprint density at radius 2 is 2.35 bits per heavy atom. The van der Waals surface area contributed by atoms with Crippen molar-refractivity contribution in [3.63, 3.8) is 0 Å². The van der Waals surface area contributed by atoms with Gasteiger partial charge in [-0.15, -0.1) is 0 Å².